The molecule has 0 radical (unpaired) electrons. The molecule has 2 N–H and O–H groups in total. The van der Waals surface area contributed by atoms with Crippen molar-refractivity contribution in [1.82, 2.24) is 15.3 Å². The Bertz CT molecular complexity index is 832. The van der Waals surface area contributed by atoms with Crippen molar-refractivity contribution in [2.24, 2.45) is 0 Å². The fourth-order valence-corrected chi connectivity index (χ4v) is 2.38. The van der Waals surface area contributed by atoms with Crippen molar-refractivity contribution >= 4 is 11.7 Å². The largest absolute Gasteiger partial charge is 0.497 e. The second kappa shape index (κ2) is 8.66. The standard InChI is InChI=1S/C19H20N4O3/c1-25-15-6-4-14(5-7-15)8-9-20-18-11-17(22-13-23-18)19(24)21-12-16-3-2-10-26-16/h2-7,10-11,13H,8-9,12H2,1H3,(H,21,24)(H,20,22,23). The van der Waals surface area contributed by atoms with Crippen molar-refractivity contribution in [2.45, 2.75) is 13.0 Å². The average molecular weight is 352 g/mol. The molecule has 0 unspecified atom stereocenters. The summed E-state index contributed by atoms with van der Waals surface area (Å²) in [4.78, 5) is 20.3. The van der Waals surface area contributed by atoms with Crippen LogP contribution in [-0.2, 0) is 13.0 Å². The zero-order valence-electron chi connectivity index (χ0n) is 14.4. The van der Waals surface area contributed by atoms with E-state index < -0.39 is 0 Å². The van der Waals surface area contributed by atoms with Gasteiger partial charge < -0.3 is 19.8 Å². The number of amides is 1. The summed E-state index contributed by atoms with van der Waals surface area (Å²) in [5.74, 6) is 1.85. The molecule has 0 spiro atoms. The Morgan fingerprint density at radius 1 is 1.19 bits per heavy atom. The molecule has 0 atom stereocenters. The lowest BCUT2D eigenvalue weighted by Gasteiger charge is -2.08. The van der Waals surface area contributed by atoms with Crippen molar-refractivity contribution < 1.29 is 13.9 Å². The highest BCUT2D eigenvalue weighted by atomic mass is 16.5. The van der Waals surface area contributed by atoms with E-state index in [9.17, 15) is 4.79 Å². The van der Waals surface area contributed by atoms with Gasteiger partial charge in [0.15, 0.2) is 0 Å². The van der Waals surface area contributed by atoms with E-state index in [1.54, 1.807) is 31.6 Å². The number of hydrogen-bond acceptors (Lipinski definition) is 6. The van der Waals surface area contributed by atoms with Crippen LogP contribution in [0.5, 0.6) is 5.75 Å². The Morgan fingerprint density at radius 2 is 2.04 bits per heavy atom. The van der Waals surface area contributed by atoms with Gasteiger partial charge >= 0.3 is 0 Å². The van der Waals surface area contributed by atoms with E-state index in [0.717, 1.165) is 12.2 Å². The molecule has 0 bridgehead atoms. The SMILES string of the molecule is COc1ccc(CCNc2cc(C(=O)NCc3ccco3)ncn2)cc1. The summed E-state index contributed by atoms with van der Waals surface area (Å²) >= 11 is 0. The minimum atomic E-state index is -0.276. The molecule has 0 saturated heterocycles. The van der Waals surface area contributed by atoms with E-state index in [1.165, 1.54) is 11.9 Å². The molecule has 26 heavy (non-hydrogen) atoms. The number of anilines is 1. The number of methoxy groups -OCH3 is 1. The highest BCUT2D eigenvalue weighted by Gasteiger charge is 2.09. The molecule has 134 valence electrons. The molecule has 0 fully saturated rings. The van der Waals surface area contributed by atoms with Gasteiger partial charge in [0, 0.05) is 12.6 Å². The Morgan fingerprint density at radius 3 is 2.77 bits per heavy atom. The third-order valence-electron chi connectivity index (χ3n) is 3.78. The predicted molar refractivity (Wildman–Crippen MR) is 97.1 cm³/mol. The molecule has 7 nitrogen and oxygen atoms in total. The van der Waals surface area contributed by atoms with Gasteiger partial charge in [0.05, 0.1) is 19.9 Å². The van der Waals surface area contributed by atoms with Crippen LogP contribution in [0.3, 0.4) is 0 Å². The number of aromatic nitrogens is 2. The van der Waals surface area contributed by atoms with Crippen molar-refractivity contribution in [3.05, 3.63) is 72.1 Å². The smallest absolute Gasteiger partial charge is 0.270 e. The fourth-order valence-electron chi connectivity index (χ4n) is 2.38. The zero-order chi connectivity index (χ0) is 18.2. The minimum absolute atomic E-state index is 0.276. The van der Waals surface area contributed by atoms with Gasteiger partial charge in [-0.05, 0) is 36.2 Å². The molecule has 3 rings (SSSR count). The van der Waals surface area contributed by atoms with Gasteiger partial charge in [0.2, 0.25) is 0 Å². The van der Waals surface area contributed by atoms with E-state index in [-0.39, 0.29) is 5.91 Å². The number of rotatable bonds is 8. The Labute approximate surface area is 151 Å². The van der Waals surface area contributed by atoms with Gasteiger partial charge in [-0.25, -0.2) is 9.97 Å². The molecule has 7 heteroatoms. The van der Waals surface area contributed by atoms with Gasteiger partial charge in [0.25, 0.3) is 5.91 Å². The van der Waals surface area contributed by atoms with E-state index in [4.69, 9.17) is 9.15 Å². The molecule has 1 aromatic carbocycles. The summed E-state index contributed by atoms with van der Waals surface area (Å²) < 4.78 is 10.3. The zero-order valence-corrected chi connectivity index (χ0v) is 14.4. The third-order valence-corrected chi connectivity index (χ3v) is 3.78. The van der Waals surface area contributed by atoms with Crippen LogP contribution in [0.1, 0.15) is 21.8 Å². The Kier molecular flexibility index (Phi) is 5.82. The number of nitrogens with one attached hydrogen (secondary N) is 2. The van der Waals surface area contributed by atoms with Gasteiger partial charge in [0.1, 0.15) is 29.3 Å². The average Bonchev–Trinajstić information content (AvgIpc) is 3.20. The lowest BCUT2D eigenvalue weighted by atomic mass is 10.1. The number of hydrogen-bond donors (Lipinski definition) is 2. The van der Waals surface area contributed by atoms with Crippen LogP contribution in [0, 0.1) is 0 Å². The second-order valence-electron chi connectivity index (χ2n) is 5.58. The van der Waals surface area contributed by atoms with E-state index in [0.29, 0.717) is 30.4 Å². The molecule has 0 saturated carbocycles. The quantitative estimate of drug-likeness (QED) is 0.648. The first kappa shape index (κ1) is 17.5. The maximum absolute atomic E-state index is 12.2. The number of benzene rings is 1. The van der Waals surface area contributed by atoms with Gasteiger partial charge in [-0.3, -0.25) is 4.79 Å². The molecule has 2 aromatic heterocycles. The number of carbonyl (C=O) groups is 1. The third kappa shape index (κ3) is 4.83. The molecule has 3 aromatic rings. The normalized spacial score (nSPS) is 10.3. The first-order valence-electron chi connectivity index (χ1n) is 8.24. The topological polar surface area (TPSA) is 89.3 Å². The lowest BCUT2D eigenvalue weighted by Crippen LogP contribution is -2.24. The maximum Gasteiger partial charge on any atom is 0.270 e. The Balaban J connectivity index is 1.50. The summed E-state index contributed by atoms with van der Waals surface area (Å²) in [5.41, 5.74) is 1.49. The number of carbonyl (C=O) groups excluding carboxylic acids is 1. The van der Waals surface area contributed by atoms with Crippen LogP contribution in [0.15, 0.2) is 59.5 Å². The van der Waals surface area contributed by atoms with Gasteiger partial charge in [-0.2, -0.15) is 0 Å². The molecular weight excluding hydrogens is 332 g/mol. The van der Waals surface area contributed by atoms with Crippen LogP contribution >= 0.6 is 0 Å². The molecule has 0 aliphatic rings. The molecule has 0 aliphatic carbocycles. The van der Waals surface area contributed by atoms with Crippen molar-refractivity contribution in [1.29, 1.82) is 0 Å². The monoisotopic (exact) mass is 352 g/mol. The van der Waals surface area contributed by atoms with E-state index >= 15 is 0 Å². The van der Waals surface area contributed by atoms with Gasteiger partial charge in [-0.1, -0.05) is 12.1 Å². The first-order chi connectivity index (χ1) is 12.7. The second-order valence-corrected chi connectivity index (χ2v) is 5.58. The maximum atomic E-state index is 12.2. The van der Waals surface area contributed by atoms with E-state index in [2.05, 4.69) is 20.6 Å². The number of furan rings is 1. The van der Waals surface area contributed by atoms with Crippen LogP contribution in [0.4, 0.5) is 5.82 Å². The summed E-state index contributed by atoms with van der Waals surface area (Å²) in [6.07, 6.45) is 3.77. The van der Waals surface area contributed by atoms with Crippen LogP contribution < -0.4 is 15.4 Å². The summed E-state index contributed by atoms with van der Waals surface area (Å²) in [6.45, 7) is 1.01. The molecule has 0 aliphatic heterocycles. The first-order valence-corrected chi connectivity index (χ1v) is 8.24. The summed E-state index contributed by atoms with van der Waals surface area (Å²) in [6, 6.07) is 13.1. The predicted octanol–water partition coefficient (Wildman–Crippen LogP) is 2.66. The van der Waals surface area contributed by atoms with Crippen LogP contribution in [0.2, 0.25) is 0 Å². The minimum Gasteiger partial charge on any atom is -0.497 e. The summed E-state index contributed by atoms with van der Waals surface area (Å²) in [5, 5.41) is 5.96. The molecule has 2 heterocycles. The highest BCUT2D eigenvalue weighted by molar-refractivity contribution is 5.92. The lowest BCUT2D eigenvalue weighted by molar-refractivity contribution is 0.0943. The fraction of sp³-hybridized carbons (Fsp3) is 0.211. The Hall–Kier alpha value is -3.35. The number of ether oxygens (including phenoxy) is 1. The molecule has 1 amide bonds. The van der Waals surface area contributed by atoms with E-state index in [1.807, 2.05) is 24.3 Å². The van der Waals surface area contributed by atoms with Crippen molar-refractivity contribution in [2.75, 3.05) is 19.0 Å². The molecular formula is C19H20N4O3. The number of nitrogens with zero attached hydrogens (tertiary/aromatic N) is 2. The highest BCUT2D eigenvalue weighted by Crippen LogP contribution is 2.12. The van der Waals surface area contributed by atoms with Crippen LogP contribution in [0.25, 0.3) is 0 Å². The van der Waals surface area contributed by atoms with Crippen molar-refractivity contribution in [3.8, 4) is 5.75 Å². The van der Waals surface area contributed by atoms with Crippen molar-refractivity contribution in [3.63, 3.8) is 0 Å². The summed E-state index contributed by atoms with van der Waals surface area (Å²) in [7, 11) is 1.65. The van der Waals surface area contributed by atoms with Crippen LogP contribution in [-0.4, -0.2) is 29.5 Å². The van der Waals surface area contributed by atoms with Gasteiger partial charge in [-0.15, -0.1) is 0 Å².